The number of nitrogens with zero attached hydrogens (tertiary/aromatic N) is 2. The lowest BCUT2D eigenvalue weighted by Gasteiger charge is -2.26. The highest BCUT2D eigenvalue weighted by Crippen LogP contribution is 2.20. The van der Waals surface area contributed by atoms with Gasteiger partial charge in [-0.1, -0.05) is 36.4 Å². The topological polar surface area (TPSA) is 65.4 Å². The van der Waals surface area contributed by atoms with Gasteiger partial charge in [0.1, 0.15) is 12.4 Å². The predicted molar refractivity (Wildman–Crippen MR) is 129 cm³/mol. The molecular formula is C26H25N3O2S. The Balaban J connectivity index is 1.38. The highest BCUT2D eigenvalue weighted by Gasteiger charge is 2.12. The van der Waals surface area contributed by atoms with Gasteiger partial charge >= 0.3 is 0 Å². The molecule has 6 heteroatoms. The Morgan fingerprint density at radius 3 is 2.69 bits per heavy atom. The zero-order valence-electron chi connectivity index (χ0n) is 17.8. The van der Waals surface area contributed by atoms with Gasteiger partial charge < -0.3 is 10.1 Å². The first-order chi connectivity index (χ1) is 15.7. The van der Waals surface area contributed by atoms with Crippen LogP contribution in [0.1, 0.15) is 27.0 Å². The van der Waals surface area contributed by atoms with Gasteiger partial charge in [0, 0.05) is 48.0 Å². The number of rotatable bonds is 7. The van der Waals surface area contributed by atoms with Gasteiger partial charge in [-0.3, -0.25) is 9.69 Å². The molecule has 0 unspecified atom stereocenters. The summed E-state index contributed by atoms with van der Waals surface area (Å²) in [5.74, 6) is 2.76. The van der Waals surface area contributed by atoms with Gasteiger partial charge in [0.25, 0.3) is 5.91 Å². The van der Waals surface area contributed by atoms with Gasteiger partial charge in [0.05, 0.1) is 11.6 Å². The van der Waals surface area contributed by atoms with E-state index in [4.69, 9.17) is 4.74 Å². The molecule has 1 heterocycles. The van der Waals surface area contributed by atoms with Crippen molar-refractivity contribution in [3.8, 4) is 11.8 Å². The molecule has 1 amide bonds. The van der Waals surface area contributed by atoms with E-state index in [0.29, 0.717) is 16.9 Å². The molecule has 1 N–H and O–H groups in total. The first-order valence-corrected chi connectivity index (χ1v) is 11.8. The van der Waals surface area contributed by atoms with Crippen molar-refractivity contribution < 1.29 is 9.53 Å². The van der Waals surface area contributed by atoms with E-state index in [2.05, 4.69) is 22.4 Å². The summed E-state index contributed by atoms with van der Waals surface area (Å²) >= 11 is 2.00. The van der Waals surface area contributed by atoms with Gasteiger partial charge in [-0.15, -0.1) is 0 Å². The van der Waals surface area contributed by atoms with Gasteiger partial charge in [-0.25, -0.2) is 0 Å². The molecule has 32 heavy (non-hydrogen) atoms. The lowest BCUT2D eigenvalue weighted by atomic mass is 10.1. The molecule has 0 saturated carbocycles. The van der Waals surface area contributed by atoms with Crippen LogP contribution in [0.2, 0.25) is 0 Å². The number of nitriles is 1. The number of benzene rings is 3. The summed E-state index contributed by atoms with van der Waals surface area (Å²) in [5, 5.41) is 12.2. The number of amides is 1. The SMILES string of the molecule is N#Cc1ccccc1COc1cccc(C(=O)Nc2cccc(CN3CCSCC3)c2)c1. The molecule has 1 aliphatic heterocycles. The van der Waals surface area contributed by atoms with E-state index in [1.807, 2.05) is 54.2 Å². The van der Waals surface area contributed by atoms with Crippen molar-refractivity contribution in [2.45, 2.75) is 13.2 Å². The van der Waals surface area contributed by atoms with Crippen LogP contribution in [0.4, 0.5) is 5.69 Å². The number of hydrogen-bond acceptors (Lipinski definition) is 5. The molecule has 162 valence electrons. The van der Waals surface area contributed by atoms with Crippen molar-refractivity contribution in [3.05, 3.63) is 95.1 Å². The molecule has 1 fully saturated rings. The number of ether oxygens (including phenoxy) is 1. The molecule has 3 aromatic carbocycles. The van der Waals surface area contributed by atoms with Crippen molar-refractivity contribution in [3.63, 3.8) is 0 Å². The summed E-state index contributed by atoms with van der Waals surface area (Å²) in [6.07, 6.45) is 0. The van der Waals surface area contributed by atoms with Gasteiger partial charge in [0.2, 0.25) is 0 Å². The molecular weight excluding hydrogens is 418 g/mol. The van der Waals surface area contributed by atoms with Crippen LogP contribution in [0.25, 0.3) is 0 Å². The number of hydrogen-bond donors (Lipinski definition) is 1. The van der Waals surface area contributed by atoms with E-state index < -0.39 is 0 Å². The first-order valence-electron chi connectivity index (χ1n) is 10.6. The van der Waals surface area contributed by atoms with Gasteiger partial charge in [-0.05, 0) is 42.0 Å². The third-order valence-electron chi connectivity index (χ3n) is 5.32. The minimum atomic E-state index is -0.181. The largest absolute Gasteiger partial charge is 0.489 e. The molecule has 0 aromatic heterocycles. The number of nitrogens with one attached hydrogen (secondary N) is 1. The fourth-order valence-electron chi connectivity index (χ4n) is 3.61. The van der Waals surface area contributed by atoms with Crippen LogP contribution >= 0.6 is 11.8 Å². The maximum atomic E-state index is 12.8. The normalized spacial score (nSPS) is 13.8. The Bertz CT molecular complexity index is 1120. The summed E-state index contributed by atoms with van der Waals surface area (Å²) in [6.45, 7) is 3.38. The zero-order chi connectivity index (χ0) is 22.2. The first kappa shape index (κ1) is 21.9. The van der Waals surface area contributed by atoms with E-state index in [9.17, 15) is 10.1 Å². The Morgan fingerprint density at radius 1 is 1.03 bits per heavy atom. The summed E-state index contributed by atoms with van der Waals surface area (Å²) in [7, 11) is 0. The Kier molecular flexibility index (Phi) is 7.44. The van der Waals surface area contributed by atoms with Crippen molar-refractivity contribution in [2.75, 3.05) is 29.9 Å². The molecule has 0 radical (unpaired) electrons. The van der Waals surface area contributed by atoms with Crippen molar-refractivity contribution in [2.24, 2.45) is 0 Å². The second-order valence-electron chi connectivity index (χ2n) is 7.63. The van der Waals surface area contributed by atoms with Crippen LogP contribution in [0, 0.1) is 11.3 Å². The van der Waals surface area contributed by atoms with Crippen LogP contribution in [-0.4, -0.2) is 35.4 Å². The summed E-state index contributed by atoms with van der Waals surface area (Å²) < 4.78 is 5.84. The second-order valence-corrected chi connectivity index (χ2v) is 8.85. The quantitative estimate of drug-likeness (QED) is 0.560. The third kappa shape index (κ3) is 5.91. The second kappa shape index (κ2) is 10.9. The van der Waals surface area contributed by atoms with E-state index in [0.717, 1.165) is 30.9 Å². The van der Waals surface area contributed by atoms with Crippen LogP contribution < -0.4 is 10.1 Å². The van der Waals surface area contributed by atoms with E-state index >= 15 is 0 Å². The molecule has 1 aliphatic rings. The number of carbonyl (C=O) groups is 1. The zero-order valence-corrected chi connectivity index (χ0v) is 18.6. The molecule has 0 atom stereocenters. The van der Waals surface area contributed by atoms with Crippen molar-refractivity contribution in [1.82, 2.24) is 4.90 Å². The number of anilines is 1. The summed E-state index contributed by atoms with van der Waals surface area (Å²) in [6, 6.07) is 24.6. The fraction of sp³-hybridized carbons (Fsp3) is 0.231. The van der Waals surface area contributed by atoms with Crippen LogP contribution in [0.15, 0.2) is 72.8 Å². The van der Waals surface area contributed by atoms with E-state index in [1.54, 1.807) is 24.3 Å². The summed E-state index contributed by atoms with van der Waals surface area (Å²) in [4.78, 5) is 15.3. The van der Waals surface area contributed by atoms with Crippen molar-refractivity contribution in [1.29, 1.82) is 5.26 Å². The van der Waals surface area contributed by atoms with Gasteiger partial charge in [-0.2, -0.15) is 17.0 Å². The molecule has 1 saturated heterocycles. The molecule has 0 spiro atoms. The maximum Gasteiger partial charge on any atom is 0.255 e. The lowest BCUT2D eigenvalue weighted by Crippen LogP contribution is -2.31. The molecule has 4 rings (SSSR count). The van der Waals surface area contributed by atoms with Crippen LogP contribution in [0.3, 0.4) is 0 Å². The van der Waals surface area contributed by atoms with Crippen molar-refractivity contribution >= 4 is 23.4 Å². The Labute approximate surface area is 193 Å². The maximum absolute atomic E-state index is 12.8. The monoisotopic (exact) mass is 443 g/mol. The molecule has 5 nitrogen and oxygen atoms in total. The Hall–Kier alpha value is -3.27. The average Bonchev–Trinajstić information content (AvgIpc) is 2.84. The highest BCUT2D eigenvalue weighted by atomic mass is 32.2. The van der Waals surface area contributed by atoms with Crippen LogP contribution in [-0.2, 0) is 13.2 Å². The molecule has 3 aromatic rings. The minimum absolute atomic E-state index is 0.181. The summed E-state index contributed by atoms with van der Waals surface area (Å²) in [5.41, 5.74) is 3.91. The molecule has 0 aliphatic carbocycles. The van der Waals surface area contributed by atoms with Crippen LogP contribution in [0.5, 0.6) is 5.75 Å². The smallest absolute Gasteiger partial charge is 0.255 e. The number of carbonyl (C=O) groups excluding carboxylic acids is 1. The highest BCUT2D eigenvalue weighted by molar-refractivity contribution is 7.99. The number of thioether (sulfide) groups is 1. The van der Waals surface area contributed by atoms with E-state index in [1.165, 1.54) is 17.1 Å². The predicted octanol–water partition coefficient (Wildman–Crippen LogP) is 4.94. The average molecular weight is 444 g/mol. The lowest BCUT2D eigenvalue weighted by molar-refractivity contribution is 0.102. The third-order valence-corrected chi connectivity index (χ3v) is 6.27. The minimum Gasteiger partial charge on any atom is -0.489 e. The van der Waals surface area contributed by atoms with Gasteiger partial charge in [0.15, 0.2) is 0 Å². The Morgan fingerprint density at radius 2 is 1.84 bits per heavy atom. The van der Waals surface area contributed by atoms with E-state index in [-0.39, 0.29) is 12.5 Å². The fourth-order valence-corrected chi connectivity index (χ4v) is 4.59. The molecule has 0 bridgehead atoms. The standard InChI is InChI=1S/C26H25N3O2S/c27-17-22-6-1-2-7-23(22)19-31-25-10-4-8-21(16-25)26(30)28-24-9-3-5-20(15-24)18-29-11-13-32-14-12-29/h1-10,15-16H,11-14,18-19H2,(H,28,30).